The Balaban J connectivity index is 1.57. The minimum atomic E-state index is 0.183. The number of nitrogens with one attached hydrogen (secondary N) is 1. The van der Waals surface area contributed by atoms with E-state index in [1.807, 2.05) is 0 Å². The number of likely N-dealkylation sites (tertiary alicyclic amines) is 1. The molecule has 2 saturated heterocycles. The molecule has 1 N–H and O–H groups in total. The van der Waals surface area contributed by atoms with Gasteiger partial charge in [0.15, 0.2) is 0 Å². The van der Waals surface area contributed by atoms with Gasteiger partial charge in [-0.3, -0.25) is 4.90 Å². The monoisotopic (exact) mass is 251 g/mol. The molecule has 2 bridgehead atoms. The fourth-order valence-electron chi connectivity index (χ4n) is 3.83. The van der Waals surface area contributed by atoms with Crippen LogP contribution >= 0.6 is 0 Å². The quantitative estimate of drug-likeness (QED) is 0.771. The summed E-state index contributed by atoms with van der Waals surface area (Å²) in [5.74, 6) is 0. The molecule has 2 atom stereocenters. The number of carbonyl (C=O) groups is 1. The maximum absolute atomic E-state index is 12.3. The standard InChI is InChI=1S/C14H25N3O/c1-16-12-6-7-13(16)10-17(9-8-12)14(18)15-11-4-2-3-5-11/h11-13H,2-10H2,1H3,(H,15,18)/t12-,13+/m0/s1. The molecule has 18 heavy (non-hydrogen) atoms. The summed E-state index contributed by atoms with van der Waals surface area (Å²) in [6.07, 6.45) is 8.62. The summed E-state index contributed by atoms with van der Waals surface area (Å²) in [5, 5.41) is 3.22. The predicted octanol–water partition coefficient (Wildman–Crippen LogP) is 1.81. The lowest BCUT2D eigenvalue weighted by molar-refractivity contribution is 0.184. The van der Waals surface area contributed by atoms with Crippen molar-refractivity contribution in [3.8, 4) is 0 Å². The fraction of sp³-hybridized carbons (Fsp3) is 0.929. The molecule has 4 heteroatoms. The van der Waals surface area contributed by atoms with Crippen molar-refractivity contribution < 1.29 is 4.79 Å². The molecule has 4 nitrogen and oxygen atoms in total. The second-order valence-corrected chi connectivity index (χ2v) is 6.22. The highest BCUT2D eigenvalue weighted by atomic mass is 16.2. The van der Waals surface area contributed by atoms with Gasteiger partial charge in [-0.25, -0.2) is 4.79 Å². The summed E-state index contributed by atoms with van der Waals surface area (Å²) in [6.45, 7) is 1.86. The zero-order valence-electron chi connectivity index (χ0n) is 11.4. The van der Waals surface area contributed by atoms with Crippen molar-refractivity contribution in [1.29, 1.82) is 0 Å². The number of rotatable bonds is 1. The smallest absolute Gasteiger partial charge is 0.317 e. The van der Waals surface area contributed by atoms with E-state index >= 15 is 0 Å². The number of carbonyl (C=O) groups excluding carboxylic acids is 1. The lowest BCUT2D eigenvalue weighted by atomic mass is 10.1. The highest BCUT2D eigenvalue weighted by Gasteiger charge is 2.36. The molecular weight excluding hydrogens is 226 g/mol. The topological polar surface area (TPSA) is 35.6 Å². The molecule has 1 aliphatic carbocycles. The number of amides is 2. The van der Waals surface area contributed by atoms with Gasteiger partial charge in [-0.2, -0.15) is 0 Å². The third-order valence-electron chi connectivity index (χ3n) is 5.12. The second-order valence-electron chi connectivity index (χ2n) is 6.22. The maximum Gasteiger partial charge on any atom is 0.317 e. The molecule has 0 spiro atoms. The average molecular weight is 251 g/mol. The van der Waals surface area contributed by atoms with Crippen LogP contribution in [0.25, 0.3) is 0 Å². The summed E-state index contributed by atoms with van der Waals surface area (Å²) in [6, 6.07) is 1.92. The Kier molecular flexibility index (Phi) is 3.46. The van der Waals surface area contributed by atoms with Crippen LogP contribution in [-0.4, -0.2) is 54.1 Å². The van der Waals surface area contributed by atoms with Gasteiger partial charge in [0.1, 0.15) is 0 Å². The Hall–Kier alpha value is -0.770. The molecule has 0 aromatic rings. The molecule has 2 heterocycles. The summed E-state index contributed by atoms with van der Waals surface area (Å²) in [5.41, 5.74) is 0. The number of urea groups is 1. The Bertz CT molecular complexity index is 314. The van der Waals surface area contributed by atoms with E-state index in [1.54, 1.807) is 0 Å². The lowest BCUT2D eigenvalue weighted by Gasteiger charge is -2.27. The van der Waals surface area contributed by atoms with Gasteiger partial charge < -0.3 is 10.2 Å². The second kappa shape index (κ2) is 5.08. The molecule has 0 aromatic carbocycles. The number of fused-ring (bicyclic) bond motifs is 2. The summed E-state index contributed by atoms with van der Waals surface area (Å²) in [4.78, 5) is 16.8. The Morgan fingerprint density at radius 2 is 1.78 bits per heavy atom. The normalized spacial score (nSPS) is 33.7. The molecule has 0 aromatic heterocycles. The number of nitrogens with zero attached hydrogens (tertiary/aromatic N) is 2. The average Bonchev–Trinajstić information content (AvgIpc) is 2.89. The summed E-state index contributed by atoms with van der Waals surface area (Å²) in [7, 11) is 2.22. The first-order valence-electron chi connectivity index (χ1n) is 7.51. The molecule has 1 saturated carbocycles. The summed E-state index contributed by atoms with van der Waals surface area (Å²) >= 11 is 0. The first-order chi connectivity index (χ1) is 8.74. The van der Waals surface area contributed by atoms with E-state index in [2.05, 4.69) is 22.2 Å². The predicted molar refractivity (Wildman–Crippen MR) is 71.6 cm³/mol. The van der Waals surface area contributed by atoms with Gasteiger partial charge >= 0.3 is 6.03 Å². The van der Waals surface area contributed by atoms with Gasteiger partial charge in [0.05, 0.1) is 0 Å². The van der Waals surface area contributed by atoms with Crippen LogP contribution < -0.4 is 5.32 Å². The minimum Gasteiger partial charge on any atom is -0.335 e. The van der Waals surface area contributed by atoms with Crippen molar-refractivity contribution in [3.05, 3.63) is 0 Å². The first kappa shape index (κ1) is 12.3. The zero-order valence-corrected chi connectivity index (χ0v) is 11.4. The van der Waals surface area contributed by atoms with Crippen LogP contribution in [0.2, 0.25) is 0 Å². The molecule has 2 aliphatic heterocycles. The van der Waals surface area contributed by atoms with Gasteiger partial charge in [-0.05, 0) is 39.2 Å². The van der Waals surface area contributed by atoms with Gasteiger partial charge in [0.25, 0.3) is 0 Å². The van der Waals surface area contributed by atoms with Gasteiger partial charge in [0.2, 0.25) is 0 Å². The molecule has 102 valence electrons. The van der Waals surface area contributed by atoms with Crippen LogP contribution in [-0.2, 0) is 0 Å². The molecule has 3 rings (SSSR count). The third kappa shape index (κ3) is 2.35. The van der Waals surface area contributed by atoms with Crippen molar-refractivity contribution in [1.82, 2.24) is 15.1 Å². The van der Waals surface area contributed by atoms with Crippen LogP contribution in [0, 0.1) is 0 Å². The van der Waals surface area contributed by atoms with Crippen molar-refractivity contribution >= 4 is 6.03 Å². The van der Waals surface area contributed by atoms with E-state index in [4.69, 9.17) is 0 Å². The van der Waals surface area contributed by atoms with Crippen LogP contribution in [0.4, 0.5) is 4.79 Å². The fourth-order valence-corrected chi connectivity index (χ4v) is 3.83. The van der Waals surface area contributed by atoms with Crippen LogP contribution in [0.3, 0.4) is 0 Å². The number of likely N-dealkylation sites (N-methyl/N-ethyl adjacent to an activating group) is 1. The van der Waals surface area contributed by atoms with Gasteiger partial charge in [-0.1, -0.05) is 12.8 Å². The Morgan fingerprint density at radius 1 is 1.06 bits per heavy atom. The maximum atomic E-state index is 12.3. The van der Waals surface area contributed by atoms with Gasteiger partial charge in [0, 0.05) is 31.2 Å². The van der Waals surface area contributed by atoms with Crippen LogP contribution in [0.1, 0.15) is 44.9 Å². The molecule has 3 fully saturated rings. The van der Waals surface area contributed by atoms with E-state index < -0.39 is 0 Å². The van der Waals surface area contributed by atoms with E-state index in [0.717, 1.165) is 19.5 Å². The molecular formula is C14H25N3O. The Morgan fingerprint density at radius 3 is 2.56 bits per heavy atom. The van der Waals surface area contributed by atoms with E-state index in [1.165, 1.54) is 38.5 Å². The number of hydrogen-bond donors (Lipinski definition) is 1. The van der Waals surface area contributed by atoms with Crippen molar-refractivity contribution in [2.24, 2.45) is 0 Å². The van der Waals surface area contributed by atoms with E-state index in [9.17, 15) is 4.79 Å². The number of hydrogen-bond acceptors (Lipinski definition) is 2. The van der Waals surface area contributed by atoms with Crippen molar-refractivity contribution in [2.45, 2.75) is 63.1 Å². The summed E-state index contributed by atoms with van der Waals surface area (Å²) < 4.78 is 0. The van der Waals surface area contributed by atoms with Crippen molar-refractivity contribution in [2.75, 3.05) is 20.1 Å². The van der Waals surface area contributed by atoms with Gasteiger partial charge in [-0.15, -0.1) is 0 Å². The highest BCUT2D eigenvalue weighted by Crippen LogP contribution is 2.28. The molecule has 0 unspecified atom stereocenters. The highest BCUT2D eigenvalue weighted by molar-refractivity contribution is 5.74. The lowest BCUT2D eigenvalue weighted by Crippen LogP contribution is -2.47. The van der Waals surface area contributed by atoms with Crippen molar-refractivity contribution in [3.63, 3.8) is 0 Å². The Labute approximate surface area is 110 Å². The molecule has 3 aliphatic rings. The first-order valence-corrected chi connectivity index (χ1v) is 7.51. The third-order valence-corrected chi connectivity index (χ3v) is 5.12. The largest absolute Gasteiger partial charge is 0.335 e. The van der Waals surface area contributed by atoms with E-state index in [-0.39, 0.29) is 6.03 Å². The van der Waals surface area contributed by atoms with Crippen LogP contribution in [0.5, 0.6) is 0 Å². The SMILES string of the molecule is CN1[C@H]2CC[C@@H]1CN(C(=O)NC1CCCC1)CC2. The minimum absolute atomic E-state index is 0.183. The van der Waals surface area contributed by atoms with Crippen LogP contribution in [0.15, 0.2) is 0 Å². The molecule has 2 amide bonds. The van der Waals surface area contributed by atoms with E-state index in [0.29, 0.717) is 18.1 Å². The molecule has 0 radical (unpaired) electrons. The zero-order chi connectivity index (χ0) is 12.5.